The molecule has 0 saturated carbocycles. The number of hydrogen-bond acceptors (Lipinski definition) is 4. The molecule has 0 radical (unpaired) electrons. The van der Waals surface area contributed by atoms with Crippen molar-refractivity contribution in [3.63, 3.8) is 0 Å². The average Bonchev–Trinajstić information content (AvgIpc) is 3.04. The molecule has 7 heteroatoms. The second kappa shape index (κ2) is 6.13. The van der Waals surface area contributed by atoms with E-state index in [1.165, 1.54) is 0 Å². The number of fused-ring (bicyclic) bond motifs is 3. The van der Waals surface area contributed by atoms with Gasteiger partial charge in [-0.15, -0.1) is 0 Å². The van der Waals surface area contributed by atoms with Gasteiger partial charge in [-0.3, -0.25) is 14.3 Å². The Morgan fingerprint density at radius 2 is 2.08 bits per heavy atom. The van der Waals surface area contributed by atoms with Gasteiger partial charge in [0.25, 0.3) is 5.91 Å². The minimum absolute atomic E-state index is 0.0372. The second-order valence-electron chi connectivity index (χ2n) is 7.40. The summed E-state index contributed by atoms with van der Waals surface area (Å²) in [5, 5.41) is 4.55. The van der Waals surface area contributed by atoms with Gasteiger partial charge in [0.15, 0.2) is 0 Å². The molecule has 1 saturated heterocycles. The highest BCUT2D eigenvalue weighted by Gasteiger charge is 2.41. The number of pyridine rings is 1. The largest absolute Gasteiger partial charge is 0.345 e. The third-order valence-corrected chi connectivity index (χ3v) is 5.09. The van der Waals surface area contributed by atoms with Crippen molar-refractivity contribution >= 4 is 5.91 Å². The van der Waals surface area contributed by atoms with E-state index in [2.05, 4.69) is 23.9 Å². The summed E-state index contributed by atoms with van der Waals surface area (Å²) in [7, 11) is 0. The lowest BCUT2D eigenvalue weighted by Crippen LogP contribution is -2.43. The van der Waals surface area contributed by atoms with E-state index in [0.717, 1.165) is 18.7 Å². The van der Waals surface area contributed by atoms with Crippen LogP contribution in [0.4, 0.5) is 0 Å². The van der Waals surface area contributed by atoms with Gasteiger partial charge in [0, 0.05) is 31.7 Å². The van der Waals surface area contributed by atoms with Crippen molar-refractivity contribution in [2.45, 2.75) is 58.3 Å². The predicted octanol–water partition coefficient (Wildman–Crippen LogP) is 1.33. The van der Waals surface area contributed by atoms with E-state index in [-0.39, 0.29) is 23.7 Å². The molecule has 0 aliphatic carbocycles. The van der Waals surface area contributed by atoms with Gasteiger partial charge >= 0.3 is 5.69 Å². The Bertz CT molecular complexity index is 839. The summed E-state index contributed by atoms with van der Waals surface area (Å²) >= 11 is 0. The number of rotatable bonds is 3. The zero-order chi connectivity index (χ0) is 17.6. The molecule has 0 N–H and O–H groups in total. The van der Waals surface area contributed by atoms with Gasteiger partial charge in [-0.05, 0) is 30.9 Å². The summed E-state index contributed by atoms with van der Waals surface area (Å²) in [6, 6.07) is 5.52. The molecule has 0 aromatic carbocycles. The van der Waals surface area contributed by atoms with Crippen LogP contribution in [0.5, 0.6) is 0 Å². The average molecular weight is 341 g/mol. The lowest BCUT2D eigenvalue weighted by molar-refractivity contribution is 0.0658. The third kappa shape index (κ3) is 2.77. The first kappa shape index (κ1) is 16.1. The number of aromatic nitrogens is 4. The molecule has 1 fully saturated rings. The fourth-order valence-electron chi connectivity index (χ4n) is 4.00. The molecule has 0 unspecified atom stereocenters. The number of amides is 1. The van der Waals surface area contributed by atoms with Gasteiger partial charge < -0.3 is 4.90 Å². The standard InChI is InChI=1S/C18H23N5O2/c1-12(2)10-22-18(25)21-11-14-7-6-13(9-16(21)20-22)23(14)17(24)15-5-3-4-8-19-15/h3-5,8,12-14H,6-7,9-11H2,1-2H3/t13-,14+/m0/s1. The van der Waals surface area contributed by atoms with Crippen molar-refractivity contribution in [1.82, 2.24) is 24.2 Å². The van der Waals surface area contributed by atoms with E-state index in [1.807, 2.05) is 11.0 Å². The van der Waals surface area contributed by atoms with Crippen LogP contribution in [-0.4, -0.2) is 42.2 Å². The number of carbonyl (C=O) groups excluding carboxylic acids is 1. The van der Waals surface area contributed by atoms with E-state index in [4.69, 9.17) is 0 Å². The zero-order valence-electron chi connectivity index (χ0n) is 14.6. The van der Waals surface area contributed by atoms with Crippen molar-refractivity contribution in [2.75, 3.05) is 0 Å². The minimum Gasteiger partial charge on any atom is -0.329 e. The Balaban J connectivity index is 1.64. The lowest BCUT2D eigenvalue weighted by Gasteiger charge is -2.27. The van der Waals surface area contributed by atoms with E-state index in [9.17, 15) is 9.59 Å². The number of hydrogen-bond donors (Lipinski definition) is 0. The molecule has 132 valence electrons. The lowest BCUT2D eigenvalue weighted by atomic mass is 10.1. The summed E-state index contributed by atoms with van der Waals surface area (Å²) in [4.78, 5) is 31.7. The zero-order valence-corrected chi connectivity index (χ0v) is 14.6. The van der Waals surface area contributed by atoms with E-state index in [0.29, 0.717) is 31.1 Å². The van der Waals surface area contributed by atoms with Crippen molar-refractivity contribution in [1.29, 1.82) is 0 Å². The van der Waals surface area contributed by atoms with Crippen molar-refractivity contribution < 1.29 is 4.79 Å². The van der Waals surface area contributed by atoms with E-state index in [1.54, 1.807) is 27.6 Å². The Morgan fingerprint density at radius 3 is 2.80 bits per heavy atom. The highest BCUT2D eigenvalue weighted by Crippen LogP contribution is 2.31. The van der Waals surface area contributed by atoms with Crippen LogP contribution in [-0.2, 0) is 19.5 Å². The van der Waals surface area contributed by atoms with Crippen LogP contribution >= 0.6 is 0 Å². The van der Waals surface area contributed by atoms with Crippen molar-refractivity contribution in [2.24, 2.45) is 5.92 Å². The highest BCUT2D eigenvalue weighted by molar-refractivity contribution is 5.93. The molecule has 4 heterocycles. The van der Waals surface area contributed by atoms with Crippen LogP contribution in [0.1, 0.15) is 43.0 Å². The van der Waals surface area contributed by atoms with Crippen LogP contribution in [0.2, 0.25) is 0 Å². The number of nitrogens with zero attached hydrogens (tertiary/aromatic N) is 5. The molecule has 0 spiro atoms. The molecule has 2 aromatic rings. The van der Waals surface area contributed by atoms with Gasteiger partial charge in [0.2, 0.25) is 0 Å². The molecule has 25 heavy (non-hydrogen) atoms. The van der Waals surface area contributed by atoms with E-state index < -0.39 is 0 Å². The fourth-order valence-corrected chi connectivity index (χ4v) is 4.00. The highest BCUT2D eigenvalue weighted by atomic mass is 16.2. The van der Waals surface area contributed by atoms with E-state index >= 15 is 0 Å². The minimum atomic E-state index is -0.0542. The second-order valence-corrected chi connectivity index (χ2v) is 7.40. The maximum absolute atomic E-state index is 12.9. The van der Waals surface area contributed by atoms with Gasteiger partial charge in [-0.2, -0.15) is 5.10 Å². The van der Waals surface area contributed by atoms with Crippen molar-refractivity contribution in [3.8, 4) is 0 Å². The van der Waals surface area contributed by atoms with Crippen LogP contribution in [0.3, 0.4) is 0 Å². The summed E-state index contributed by atoms with van der Waals surface area (Å²) in [6.07, 6.45) is 4.15. The first-order chi connectivity index (χ1) is 12.0. The third-order valence-electron chi connectivity index (χ3n) is 5.09. The normalized spacial score (nSPS) is 22.1. The first-order valence-electron chi connectivity index (χ1n) is 8.95. The monoisotopic (exact) mass is 341 g/mol. The van der Waals surface area contributed by atoms with Crippen molar-refractivity contribution in [3.05, 3.63) is 46.4 Å². The smallest absolute Gasteiger partial charge is 0.329 e. The molecule has 2 bridgehead atoms. The molecular formula is C18H23N5O2. The van der Waals surface area contributed by atoms with Gasteiger partial charge in [0.05, 0.1) is 6.04 Å². The molecular weight excluding hydrogens is 318 g/mol. The maximum atomic E-state index is 12.9. The molecule has 2 atom stereocenters. The topological polar surface area (TPSA) is 73.0 Å². The molecule has 2 aliphatic rings. The van der Waals surface area contributed by atoms with Crippen LogP contribution < -0.4 is 5.69 Å². The maximum Gasteiger partial charge on any atom is 0.345 e. The van der Waals surface area contributed by atoms with Crippen LogP contribution in [0.15, 0.2) is 29.2 Å². The number of carbonyl (C=O) groups is 1. The predicted molar refractivity (Wildman–Crippen MR) is 92.2 cm³/mol. The summed E-state index contributed by atoms with van der Waals surface area (Å²) < 4.78 is 3.35. The van der Waals surface area contributed by atoms with Gasteiger partial charge in [0.1, 0.15) is 11.5 Å². The van der Waals surface area contributed by atoms with Crippen LogP contribution in [0, 0.1) is 5.92 Å². The summed E-state index contributed by atoms with van der Waals surface area (Å²) in [5.41, 5.74) is 0.414. The molecule has 2 aromatic heterocycles. The molecule has 4 rings (SSSR count). The molecule has 7 nitrogen and oxygen atoms in total. The Hall–Kier alpha value is -2.44. The Morgan fingerprint density at radius 1 is 1.28 bits per heavy atom. The van der Waals surface area contributed by atoms with Gasteiger partial charge in [-0.1, -0.05) is 19.9 Å². The molecule has 1 amide bonds. The molecule has 2 aliphatic heterocycles. The fraction of sp³-hybridized carbons (Fsp3) is 0.556. The van der Waals surface area contributed by atoms with Gasteiger partial charge in [-0.25, -0.2) is 9.48 Å². The quantitative estimate of drug-likeness (QED) is 0.844. The SMILES string of the molecule is CC(C)Cn1nc2n(c1=O)C[C@H]1CC[C@@H](C2)N1C(=O)c1ccccn1. The summed E-state index contributed by atoms with van der Waals surface area (Å²) in [6.45, 7) is 5.31. The Kier molecular flexibility index (Phi) is 3.94. The first-order valence-corrected chi connectivity index (χ1v) is 8.95. The van der Waals surface area contributed by atoms with Crippen LogP contribution in [0.25, 0.3) is 0 Å². The summed E-state index contributed by atoms with van der Waals surface area (Å²) in [5.74, 6) is 1.13. The Labute approximate surface area is 146 Å².